The fourth-order valence-corrected chi connectivity index (χ4v) is 1.21. The van der Waals surface area contributed by atoms with Gasteiger partial charge in [-0.15, -0.1) is 0 Å². The minimum absolute atomic E-state index is 0.0915. The Balaban J connectivity index is 1.92. The highest BCUT2D eigenvalue weighted by molar-refractivity contribution is 5.97. The molecule has 0 aliphatic heterocycles. The number of hydrazine groups is 1. The molecule has 7 heteroatoms. The zero-order valence-electron chi connectivity index (χ0n) is 9.51. The molecule has 0 fully saturated rings. The number of nitrogens with zero attached hydrogens (tertiary/aromatic N) is 2. The molecule has 2 amide bonds. The van der Waals surface area contributed by atoms with Crippen molar-refractivity contribution in [3.05, 3.63) is 47.6 Å². The molecule has 2 heterocycles. The Bertz CT molecular complexity index is 565. The van der Waals surface area contributed by atoms with Crippen LogP contribution in [-0.4, -0.2) is 22.0 Å². The first-order chi connectivity index (χ1) is 8.66. The second kappa shape index (κ2) is 5.09. The van der Waals surface area contributed by atoms with E-state index in [0.29, 0.717) is 5.76 Å². The number of pyridine rings is 1. The normalized spacial score (nSPS) is 9.83. The molecule has 18 heavy (non-hydrogen) atoms. The van der Waals surface area contributed by atoms with Crippen LogP contribution in [0.25, 0.3) is 0 Å². The molecule has 0 unspecified atom stereocenters. The van der Waals surface area contributed by atoms with E-state index in [2.05, 4.69) is 21.0 Å². The van der Waals surface area contributed by atoms with Crippen molar-refractivity contribution >= 4 is 11.8 Å². The van der Waals surface area contributed by atoms with Crippen molar-refractivity contribution in [2.75, 3.05) is 0 Å². The van der Waals surface area contributed by atoms with Crippen LogP contribution < -0.4 is 10.9 Å². The van der Waals surface area contributed by atoms with Gasteiger partial charge in [-0.3, -0.25) is 25.4 Å². The van der Waals surface area contributed by atoms with Gasteiger partial charge in [-0.2, -0.15) is 0 Å². The summed E-state index contributed by atoms with van der Waals surface area (Å²) < 4.78 is 4.74. The Hall–Kier alpha value is -2.70. The van der Waals surface area contributed by atoms with Crippen molar-refractivity contribution in [1.82, 2.24) is 21.0 Å². The number of nitrogens with one attached hydrogen (secondary N) is 2. The fraction of sp³-hybridized carbons (Fsp3) is 0.0909. The average Bonchev–Trinajstić information content (AvgIpc) is 2.83. The molecular weight excluding hydrogens is 236 g/mol. The summed E-state index contributed by atoms with van der Waals surface area (Å²) in [5.74, 6) is -0.559. The first kappa shape index (κ1) is 11.8. The predicted octanol–water partition coefficient (Wildman–Crippen LogP) is 0.453. The zero-order chi connectivity index (χ0) is 13.0. The second-order valence-electron chi connectivity index (χ2n) is 3.45. The molecule has 0 saturated carbocycles. The number of hydrogen-bond acceptors (Lipinski definition) is 5. The van der Waals surface area contributed by atoms with Crippen LogP contribution in [0.4, 0.5) is 0 Å². The number of carbonyl (C=O) groups is 2. The van der Waals surface area contributed by atoms with Gasteiger partial charge in [-0.1, -0.05) is 11.2 Å². The summed E-state index contributed by atoms with van der Waals surface area (Å²) in [7, 11) is 0. The molecule has 0 spiro atoms. The van der Waals surface area contributed by atoms with Gasteiger partial charge in [-0.05, 0) is 19.1 Å². The largest absolute Gasteiger partial charge is 0.361 e. The fourth-order valence-electron chi connectivity index (χ4n) is 1.21. The van der Waals surface area contributed by atoms with Crippen LogP contribution in [-0.2, 0) is 0 Å². The van der Waals surface area contributed by atoms with Crippen LogP contribution in [0.15, 0.2) is 35.0 Å². The Morgan fingerprint density at radius 2 is 1.89 bits per heavy atom. The molecular formula is C11H10N4O3. The first-order valence-corrected chi connectivity index (χ1v) is 5.12. The molecule has 0 aromatic carbocycles. The summed E-state index contributed by atoms with van der Waals surface area (Å²) in [5, 5.41) is 3.51. The monoisotopic (exact) mass is 246 g/mol. The molecule has 2 N–H and O–H groups in total. The average molecular weight is 246 g/mol. The van der Waals surface area contributed by atoms with E-state index >= 15 is 0 Å². The summed E-state index contributed by atoms with van der Waals surface area (Å²) in [4.78, 5) is 26.9. The molecule has 2 rings (SSSR count). The van der Waals surface area contributed by atoms with E-state index < -0.39 is 11.8 Å². The number of aryl methyl sites for hydroxylation is 1. The third kappa shape index (κ3) is 2.70. The smallest absolute Gasteiger partial charge is 0.291 e. The summed E-state index contributed by atoms with van der Waals surface area (Å²) >= 11 is 0. The predicted molar refractivity (Wildman–Crippen MR) is 60.4 cm³/mol. The van der Waals surface area contributed by atoms with Crippen LogP contribution in [0, 0.1) is 6.92 Å². The van der Waals surface area contributed by atoms with Gasteiger partial charge < -0.3 is 4.52 Å². The number of hydrogen-bond donors (Lipinski definition) is 2. The first-order valence-electron chi connectivity index (χ1n) is 5.12. The van der Waals surface area contributed by atoms with Crippen LogP contribution in [0.5, 0.6) is 0 Å². The number of aromatic nitrogens is 2. The highest BCUT2D eigenvalue weighted by atomic mass is 16.5. The molecule has 2 aromatic rings. The van der Waals surface area contributed by atoms with E-state index in [0.717, 1.165) is 0 Å². The molecule has 0 saturated heterocycles. The van der Waals surface area contributed by atoms with Crippen molar-refractivity contribution in [1.29, 1.82) is 0 Å². The lowest BCUT2D eigenvalue weighted by Crippen LogP contribution is -2.42. The second-order valence-corrected chi connectivity index (χ2v) is 3.45. The standard InChI is InChI=1S/C11H10N4O3/c1-7-6-9(15-18-7)11(17)14-13-10(16)8-4-2-3-5-12-8/h2-6H,1H3,(H,13,16)(H,14,17). The van der Waals surface area contributed by atoms with E-state index in [1.165, 1.54) is 18.3 Å². The summed E-state index contributed by atoms with van der Waals surface area (Å²) in [6, 6.07) is 6.35. The maximum Gasteiger partial charge on any atom is 0.291 e. The Morgan fingerprint density at radius 1 is 1.17 bits per heavy atom. The van der Waals surface area contributed by atoms with E-state index in [1.54, 1.807) is 19.1 Å². The van der Waals surface area contributed by atoms with Gasteiger partial charge in [0.05, 0.1) is 0 Å². The summed E-state index contributed by atoms with van der Waals surface area (Å²) in [6.45, 7) is 1.66. The minimum atomic E-state index is -0.559. The van der Waals surface area contributed by atoms with Gasteiger partial charge in [0.15, 0.2) is 5.69 Å². The summed E-state index contributed by atoms with van der Waals surface area (Å²) in [5.41, 5.74) is 4.73. The molecule has 0 aliphatic rings. The quantitative estimate of drug-likeness (QED) is 0.750. The molecule has 92 valence electrons. The van der Waals surface area contributed by atoms with Crippen LogP contribution in [0.1, 0.15) is 26.7 Å². The van der Waals surface area contributed by atoms with Gasteiger partial charge in [0.1, 0.15) is 11.5 Å². The van der Waals surface area contributed by atoms with Crippen molar-refractivity contribution < 1.29 is 14.1 Å². The Morgan fingerprint density at radius 3 is 2.44 bits per heavy atom. The zero-order valence-corrected chi connectivity index (χ0v) is 9.51. The lowest BCUT2D eigenvalue weighted by Gasteiger charge is -2.04. The van der Waals surface area contributed by atoms with Crippen molar-refractivity contribution in [2.24, 2.45) is 0 Å². The number of carbonyl (C=O) groups excluding carboxylic acids is 2. The Labute approximate surface area is 102 Å². The van der Waals surface area contributed by atoms with Gasteiger partial charge in [-0.25, -0.2) is 0 Å². The van der Waals surface area contributed by atoms with Crippen LogP contribution in [0.3, 0.4) is 0 Å². The van der Waals surface area contributed by atoms with E-state index in [4.69, 9.17) is 4.52 Å². The SMILES string of the molecule is Cc1cc(C(=O)NNC(=O)c2ccccn2)no1. The van der Waals surface area contributed by atoms with E-state index in [1.807, 2.05) is 0 Å². The van der Waals surface area contributed by atoms with Gasteiger partial charge in [0.25, 0.3) is 11.8 Å². The molecule has 0 bridgehead atoms. The van der Waals surface area contributed by atoms with Crippen molar-refractivity contribution in [3.8, 4) is 0 Å². The molecule has 0 atom stereocenters. The van der Waals surface area contributed by atoms with Gasteiger partial charge >= 0.3 is 0 Å². The highest BCUT2D eigenvalue weighted by Crippen LogP contribution is 2.00. The van der Waals surface area contributed by atoms with Crippen molar-refractivity contribution in [3.63, 3.8) is 0 Å². The van der Waals surface area contributed by atoms with E-state index in [-0.39, 0.29) is 11.4 Å². The molecule has 0 aliphatic carbocycles. The molecule has 7 nitrogen and oxygen atoms in total. The van der Waals surface area contributed by atoms with E-state index in [9.17, 15) is 9.59 Å². The summed E-state index contributed by atoms with van der Waals surface area (Å²) in [6.07, 6.45) is 1.48. The Kier molecular flexibility index (Phi) is 3.33. The third-order valence-corrected chi connectivity index (χ3v) is 2.05. The lowest BCUT2D eigenvalue weighted by atomic mass is 10.3. The lowest BCUT2D eigenvalue weighted by molar-refractivity contribution is 0.0839. The third-order valence-electron chi connectivity index (χ3n) is 2.05. The molecule has 0 radical (unpaired) electrons. The minimum Gasteiger partial charge on any atom is -0.361 e. The van der Waals surface area contributed by atoms with Gasteiger partial charge in [0.2, 0.25) is 0 Å². The topological polar surface area (TPSA) is 97.1 Å². The number of rotatable bonds is 2. The maximum absolute atomic E-state index is 11.6. The van der Waals surface area contributed by atoms with Crippen LogP contribution >= 0.6 is 0 Å². The number of amides is 2. The van der Waals surface area contributed by atoms with Crippen LogP contribution in [0.2, 0.25) is 0 Å². The highest BCUT2D eigenvalue weighted by Gasteiger charge is 2.12. The maximum atomic E-state index is 11.6. The molecule has 2 aromatic heterocycles. The van der Waals surface area contributed by atoms with Gasteiger partial charge in [0, 0.05) is 12.3 Å². The van der Waals surface area contributed by atoms with Crippen molar-refractivity contribution in [2.45, 2.75) is 6.92 Å².